The van der Waals surface area contributed by atoms with Gasteiger partial charge in [-0.1, -0.05) is 12.1 Å². The molecule has 4 rings (SSSR count). The Morgan fingerprint density at radius 3 is 2.15 bits per heavy atom. The number of nitrogens with zero attached hydrogens (tertiary/aromatic N) is 4. The lowest BCUT2D eigenvalue weighted by atomic mass is 10.1. The number of alkyl halides is 3. The van der Waals surface area contributed by atoms with Gasteiger partial charge < -0.3 is 18.9 Å². The Bertz CT molecular complexity index is 1540. The quantitative estimate of drug-likeness (QED) is 0.266. The number of anilines is 2. The second-order valence-corrected chi connectivity index (χ2v) is 10.9. The molecule has 8 nitrogen and oxygen atoms in total. The normalized spacial score (nSPS) is 12.0. The minimum Gasteiger partial charge on any atom is -0.497 e. The number of hydrogen-bond acceptors (Lipinski definition) is 6. The fourth-order valence-corrected chi connectivity index (χ4v) is 5.17. The largest absolute Gasteiger partial charge is 0.573 e. The number of rotatable bonds is 9. The molecule has 1 heterocycles. The first-order valence-electron chi connectivity index (χ1n) is 11.7. The first-order valence-corrected chi connectivity index (χ1v) is 13.1. The lowest BCUT2D eigenvalue weighted by molar-refractivity contribution is -0.274. The maximum Gasteiger partial charge on any atom is 0.573 e. The van der Waals surface area contributed by atoms with Gasteiger partial charge in [-0.3, -0.25) is 0 Å². The van der Waals surface area contributed by atoms with Crippen LogP contribution in [0.5, 0.6) is 11.5 Å². The standard InChI is InChI=1S/C27H27F3N4O4S/c1-32-17-25(31-18-32)24-15-23(39(35,36)33(2)16-19-5-9-21(37-4)10-6-19)13-14-26(24)34(3)20-7-11-22(12-8-20)38-27(28,29)30/h5-15,17-18H,16H2,1-4H3. The fraction of sp³-hybridized carbons (Fsp3) is 0.222. The zero-order chi connectivity index (χ0) is 28.4. The molecule has 0 unspecified atom stereocenters. The van der Waals surface area contributed by atoms with Crippen molar-refractivity contribution in [2.75, 3.05) is 26.1 Å². The zero-order valence-electron chi connectivity index (χ0n) is 21.7. The third kappa shape index (κ3) is 6.52. The van der Waals surface area contributed by atoms with E-state index < -0.39 is 16.4 Å². The highest BCUT2D eigenvalue weighted by atomic mass is 32.2. The second kappa shape index (κ2) is 11.0. The summed E-state index contributed by atoms with van der Waals surface area (Å²) < 4.78 is 76.8. The van der Waals surface area contributed by atoms with Crippen LogP contribution >= 0.6 is 0 Å². The van der Waals surface area contributed by atoms with Gasteiger partial charge in [0.2, 0.25) is 10.0 Å². The van der Waals surface area contributed by atoms with Crippen LogP contribution in [-0.2, 0) is 23.6 Å². The van der Waals surface area contributed by atoms with Crippen molar-refractivity contribution in [3.8, 4) is 22.8 Å². The van der Waals surface area contributed by atoms with Gasteiger partial charge in [0.05, 0.1) is 29.7 Å². The number of aryl methyl sites for hydroxylation is 1. The summed E-state index contributed by atoms with van der Waals surface area (Å²) in [6, 6.07) is 17.2. The summed E-state index contributed by atoms with van der Waals surface area (Å²) in [4.78, 5) is 6.21. The van der Waals surface area contributed by atoms with Crippen LogP contribution in [0.1, 0.15) is 5.56 Å². The molecule has 0 saturated heterocycles. The third-order valence-corrected chi connectivity index (χ3v) is 7.84. The number of hydrogen-bond donors (Lipinski definition) is 0. The van der Waals surface area contributed by atoms with Crippen LogP contribution in [0.4, 0.5) is 24.5 Å². The second-order valence-electron chi connectivity index (χ2n) is 8.81. The number of halogens is 3. The Kier molecular flexibility index (Phi) is 7.89. The average Bonchev–Trinajstić information content (AvgIpc) is 3.34. The van der Waals surface area contributed by atoms with Crippen molar-refractivity contribution in [1.82, 2.24) is 13.9 Å². The highest BCUT2D eigenvalue weighted by molar-refractivity contribution is 7.89. The highest BCUT2D eigenvalue weighted by Gasteiger charge is 2.31. The van der Waals surface area contributed by atoms with Crippen molar-refractivity contribution >= 4 is 21.4 Å². The number of methoxy groups -OCH3 is 1. The van der Waals surface area contributed by atoms with Crippen LogP contribution < -0.4 is 14.4 Å². The Hall–Kier alpha value is -4.03. The molecule has 39 heavy (non-hydrogen) atoms. The molecule has 0 radical (unpaired) electrons. The predicted molar refractivity (Wildman–Crippen MR) is 141 cm³/mol. The first kappa shape index (κ1) is 28.0. The van der Waals surface area contributed by atoms with Gasteiger partial charge in [-0.15, -0.1) is 13.2 Å². The Morgan fingerprint density at radius 1 is 0.949 bits per heavy atom. The van der Waals surface area contributed by atoms with E-state index in [2.05, 4.69) is 9.72 Å². The summed E-state index contributed by atoms with van der Waals surface area (Å²) in [5.74, 6) is 0.331. The molecule has 0 N–H and O–H groups in total. The van der Waals surface area contributed by atoms with Crippen LogP contribution in [0.3, 0.4) is 0 Å². The van der Waals surface area contributed by atoms with Gasteiger partial charge in [-0.2, -0.15) is 4.31 Å². The molecule has 0 fully saturated rings. The van der Waals surface area contributed by atoms with Gasteiger partial charge in [0.1, 0.15) is 11.5 Å². The van der Waals surface area contributed by atoms with E-state index in [9.17, 15) is 21.6 Å². The van der Waals surface area contributed by atoms with Crippen LogP contribution in [0, 0.1) is 0 Å². The number of sulfonamides is 1. The van der Waals surface area contributed by atoms with Gasteiger partial charge in [-0.25, -0.2) is 13.4 Å². The van der Waals surface area contributed by atoms with E-state index in [0.29, 0.717) is 28.4 Å². The maximum atomic E-state index is 13.5. The van der Waals surface area contributed by atoms with E-state index in [4.69, 9.17) is 4.74 Å². The van der Waals surface area contributed by atoms with Gasteiger partial charge in [0.15, 0.2) is 0 Å². The van der Waals surface area contributed by atoms with Gasteiger partial charge in [-0.05, 0) is 60.2 Å². The smallest absolute Gasteiger partial charge is 0.497 e. The van der Waals surface area contributed by atoms with Crippen molar-refractivity contribution in [2.45, 2.75) is 17.8 Å². The van der Waals surface area contributed by atoms with E-state index in [1.165, 1.54) is 41.7 Å². The number of imidazole rings is 1. The lowest BCUT2D eigenvalue weighted by Crippen LogP contribution is -2.26. The molecule has 206 valence electrons. The molecular formula is C27H27F3N4O4S. The summed E-state index contributed by atoms with van der Waals surface area (Å²) in [6.45, 7) is 0.152. The van der Waals surface area contributed by atoms with E-state index >= 15 is 0 Å². The van der Waals surface area contributed by atoms with Gasteiger partial charge in [0, 0.05) is 45.1 Å². The molecule has 1 aromatic heterocycles. The minimum atomic E-state index is -4.79. The van der Waals surface area contributed by atoms with E-state index in [1.807, 2.05) is 0 Å². The summed E-state index contributed by atoms with van der Waals surface area (Å²) in [7, 11) is 2.70. The van der Waals surface area contributed by atoms with Gasteiger partial charge >= 0.3 is 6.36 Å². The molecular weight excluding hydrogens is 533 g/mol. The Balaban J connectivity index is 1.67. The average molecular weight is 561 g/mol. The van der Waals surface area contributed by atoms with Crippen LogP contribution in [0.15, 0.2) is 84.1 Å². The van der Waals surface area contributed by atoms with E-state index in [1.54, 1.807) is 79.6 Å². The minimum absolute atomic E-state index is 0.0743. The van der Waals surface area contributed by atoms with E-state index in [-0.39, 0.29) is 17.2 Å². The SMILES string of the molecule is COc1ccc(CN(C)S(=O)(=O)c2ccc(N(C)c3ccc(OC(F)(F)F)cc3)c(-c3cn(C)cn3)c2)cc1. The van der Waals surface area contributed by atoms with Crippen molar-refractivity contribution in [2.24, 2.45) is 7.05 Å². The van der Waals surface area contributed by atoms with Gasteiger partial charge in [0.25, 0.3) is 0 Å². The molecule has 0 saturated carbocycles. The predicted octanol–water partition coefficient (Wildman–Crippen LogP) is 5.58. The molecule has 3 aromatic carbocycles. The van der Waals surface area contributed by atoms with Crippen LogP contribution in [0.2, 0.25) is 0 Å². The molecule has 0 bridgehead atoms. The van der Waals surface area contributed by atoms with Crippen LogP contribution in [0.25, 0.3) is 11.3 Å². The molecule has 4 aromatic rings. The lowest BCUT2D eigenvalue weighted by Gasteiger charge is -2.24. The van der Waals surface area contributed by atoms with Crippen molar-refractivity contribution in [3.05, 3.63) is 84.8 Å². The number of benzene rings is 3. The third-order valence-electron chi connectivity index (χ3n) is 6.04. The molecule has 0 atom stereocenters. The fourth-order valence-electron chi connectivity index (χ4n) is 3.99. The summed E-state index contributed by atoms with van der Waals surface area (Å²) >= 11 is 0. The van der Waals surface area contributed by atoms with Crippen LogP contribution in [-0.4, -0.2) is 49.8 Å². The molecule has 0 aliphatic carbocycles. The topological polar surface area (TPSA) is 76.9 Å². The Morgan fingerprint density at radius 2 is 1.59 bits per heavy atom. The monoisotopic (exact) mass is 560 g/mol. The molecule has 0 aliphatic rings. The first-order chi connectivity index (χ1) is 18.4. The maximum absolute atomic E-state index is 13.5. The zero-order valence-corrected chi connectivity index (χ0v) is 22.5. The van der Waals surface area contributed by atoms with Crippen molar-refractivity contribution in [3.63, 3.8) is 0 Å². The molecule has 0 amide bonds. The molecule has 0 aliphatic heterocycles. The number of ether oxygens (including phenoxy) is 2. The van der Waals surface area contributed by atoms with E-state index in [0.717, 1.165) is 5.56 Å². The van der Waals surface area contributed by atoms with Crippen molar-refractivity contribution in [1.29, 1.82) is 0 Å². The number of aromatic nitrogens is 2. The highest BCUT2D eigenvalue weighted by Crippen LogP contribution is 2.37. The molecule has 12 heteroatoms. The van der Waals surface area contributed by atoms with Crippen molar-refractivity contribution < 1.29 is 31.1 Å². The Labute approximate surface area is 224 Å². The summed E-state index contributed by atoms with van der Waals surface area (Å²) in [5, 5.41) is 0. The molecule has 0 spiro atoms. The summed E-state index contributed by atoms with van der Waals surface area (Å²) in [5.41, 5.74) is 3.03. The summed E-state index contributed by atoms with van der Waals surface area (Å²) in [6.07, 6.45) is -1.44.